The summed E-state index contributed by atoms with van der Waals surface area (Å²) >= 11 is 0. The Hall–Kier alpha value is -2.02. The zero-order valence-corrected chi connectivity index (χ0v) is 16.0. The van der Waals surface area contributed by atoms with Crippen LogP contribution in [0, 0.1) is 6.92 Å². The van der Waals surface area contributed by atoms with Gasteiger partial charge in [-0.1, -0.05) is 13.3 Å². The van der Waals surface area contributed by atoms with Gasteiger partial charge in [0.15, 0.2) is 0 Å². The monoisotopic (exact) mass is 361 g/mol. The molecule has 26 heavy (non-hydrogen) atoms. The van der Waals surface area contributed by atoms with Crippen LogP contribution in [0.4, 0.5) is 0 Å². The Morgan fingerprint density at radius 2 is 1.92 bits per heavy atom. The van der Waals surface area contributed by atoms with Crippen molar-refractivity contribution in [3.05, 3.63) is 23.8 Å². The second kappa shape index (κ2) is 10.9. The van der Waals surface area contributed by atoms with Gasteiger partial charge in [-0.25, -0.2) is 4.98 Å². The van der Waals surface area contributed by atoms with Gasteiger partial charge in [0.25, 0.3) is 5.91 Å². The van der Waals surface area contributed by atoms with Gasteiger partial charge >= 0.3 is 0 Å². The Labute approximate surface area is 156 Å². The van der Waals surface area contributed by atoms with Crippen LogP contribution in [-0.4, -0.2) is 70.9 Å². The van der Waals surface area contributed by atoms with Crippen molar-refractivity contribution in [3.63, 3.8) is 0 Å². The second-order valence-electron chi connectivity index (χ2n) is 6.84. The highest BCUT2D eigenvalue weighted by Gasteiger charge is 2.18. The molecule has 144 valence electrons. The van der Waals surface area contributed by atoms with Gasteiger partial charge in [0.1, 0.15) is 5.69 Å². The molecule has 0 aliphatic carbocycles. The molecular formula is C19H31N5O2. The van der Waals surface area contributed by atoms with Gasteiger partial charge in [0.05, 0.1) is 11.9 Å². The number of piperidine rings is 1. The van der Waals surface area contributed by atoms with Crippen LogP contribution in [0.1, 0.15) is 55.2 Å². The van der Waals surface area contributed by atoms with Gasteiger partial charge < -0.3 is 15.1 Å². The number of rotatable bonds is 9. The molecule has 7 nitrogen and oxygen atoms in total. The first-order chi connectivity index (χ1) is 12.6. The largest absolute Gasteiger partial charge is 0.355 e. The van der Waals surface area contributed by atoms with Crippen LogP contribution in [0.3, 0.4) is 0 Å². The van der Waals surface area contributed by atoms with E-state index in [1.807, 2.05) is 13.8 Å². The molecule has 0 unspecified atom stereocenters. The van der Waals surface area contributed by atoms with Crippen LogP contribution in [0.15, 0.2) is 12.4 Å². The average molecular weight is 361 g/mol. The van der Waals surface area contributed by atoms with Crippen molar-refractivity contribution < 1.29 is 9.59 Å². The Kier molecular flexibility index (Phi) is 8.47. The summed E-state index contributed by atoms with van der Waals surface area (Å²) in [4.78, 5) is 37.0. The van der Waals surface area contributed by atoms with E-state index < -0.39 is 0 Å². The zero-order valence-electron chi connectivity index (χ0n) is 16.0. The second-order valence-corrected chi connectivity index (χ2v) is 6.84. The molecule has 2 amide bonds. The molecular weight excluding hydrogens is 330 g/mol. The molecule has 1 aliphatic heterocycles. The fourth-order valence-corrected chi connectivity index (χ4v) is 3.11. The quantitative estimate of drug-likeness (QED) is 0.723. The first-order valence-corrected chi connectivity index (χ1v) is 9.67. The summed E-state index contributed by atoms with van der Waals surface area (Å²) in [5, 5.41) is 2.97. The lowest BCUT2D eigenvalue weighted by molar-refractivity contribution is -0.121. The molecule has 2 heterocycles. The van der Waals surface area contributed by atoms with Crippen molar-refractivity contribution in [1.29, 1.82) is 0 Å². The fourth-order valence-electron chi connectivity index (χ4n) is 3.11. The topological polar surface area (TPSA) is 78.4 Å². The number of amides is 2. The first-order valence-electron chi connectivity index (χ1n) is 9.67. The van der Waals surface area contributed by atoms with Crippen molar-refractivity contribution in [2.24, 2.45) is 0 Å². The van der Waals surface area contributed by atoms with E-state index in [0.29, 0.717) is 31.7 Å². The lowest BCUT2D eigenvalue weighted by Crippen LogP contribution is -2.39. The Balaban J connectivity index is 1.74. The number of hydrogen-bond donors (Lipinski definition) is 1. The Bertz CT molecular complexity index is 570. The molecule has 1 N–H and O–H groups in total. The van der Waals surface area contributed by atoms with Crippen LogP contribution in [0.2, 0.25) is 0 Å². The Morgan fingerprint density at radius 3 is 2.58 bits per heavy atom. The standard InChI is InChI=1S/C19H31N5O2/c1-3-9-24(19(26)17-15-21-16(2)14-22-17)12-7-18(25)20-8-13-23-10-5-4-6-11-23/h14-15H,3-13H2,1-2H3,(H,20,25). The molecule has 0 spiro atoms. The third-order valence-corrected chi connectivity index (χ3v) is 4.59. The van der Waals surface area contributed by atoms with E-state index in [1.165, 1.54) is 25.5 Å². The molecule has 0 aromatic carbocycles. The van der Waals surface area contributed by atoms with E-state index in [0.717, 1.165) is 31.7 Å². The zero-order chi connectivity index (χ0) is 18.8. The van der Waals surface area contributed by atoms with E-state index in [9.17, 15) is 9.59 Å². The normalized spacial score (nSPS) is 14.8. The molecule has 2 rings (SSSR count). The highest BCUT2D eigenvalue weighted by Crippen LogP contribution is 2.07. The molecule has 1 aliphatic rings. The van der Waals surface area contributed by atoms with E-state index in [1.54, 1.807) is 11.1 Å². The smallest absolute Gasteiger partial charge is 0.274 e. The van der Waals surface area contributed by atoms with Gasteiger partial charge in [-0.3, -0.25) is 14.6 Å². The summed E-state index contributed by atoms with van der Waals surface area (Å²) in [7, 11) is 0. The van der Waals surface area contributed by atoms with Crippen molar-refractivity contribution in [2.45, 2.75) is 46.0 Å². The number of hydrogen-bond acceptors (Lipinski definition) is 5. The number of carbonyl (C=O) groups is 2. The fraction of sp³-hybridized carbons (Fsp3) is 0.684. The summed E-state index contributed by atoms with van der Waals surface area (Å²) in [6.07, 6.45) is 8.06. The highest BCUT2D eigenvalue weighted by molar-refractivity contribution is 5.92. The van der Waals surface area contributed by atoms with E-state index in [-0.39, 0.29) is 11.8 Å². The molecule has 7 heteroatoms. The number of nitrogens with one attached hydrogen (secondary N) is 1. The van der Waals surface area contributed by atoms with Crippen molar-refractivity contribution in [1.82, 2.24) is 25.1 Å². The summed E-state index contributed by atoms with van der Waals surface area (Å²) in [5.74, 6) is -0.175. The van der Waals surface area contributed by atoms with E-state index in [4.69, 9.17) is 0 Å². The third kappa shape index (κ3) is 6.71. The van der Waals surface area contributed by atoms with Gasteiger partial charge in [-0.2, -0.15) is 0 Å². The van der Waals surface area contributed by atoms with Crippen LogP contribution >= 0.6 is 0 Å². The average Bonchev–Trinajstić information content (AvgIpc) is 2.66. The number of aryl methyl sites for hydroxylation is 1. The van der Waals surface area contributed by atoms with Gasteiger partial charge in [-0.15, -0.1) is 0 Å². The molecule has 0 radical (unpaired) electrons. The van der Waals surface area contributed by atoms with Gasteiger partial charge in [0, 0.05) is 38.8 Å². The molecule has 1 saturated heterocycles. The predicted molar refractivity (Wildman–Crippen MR) is 101 cm³/mol. The Morgan fingerprint density at radius 1 is 1.15 bits per heavy atom. The molecule has 1 aromatic rings. The molecule has 0 saturated carbocycles. The van der Waals surface area contributed by atoms with Crippen molar-refractivity contribution in [3.8, 4) is 0 Å². The van der Waals surface area contributed by atoms with Crippen LogP contribution in [0.5, 0.6) is 0 Å². The maximum absolute atomic E-state index is 12.6. The predicted octanol–water partition coefficient (Wildman–Crippen LogP) is 1.63. The molecule has 1 fully saturated rings. The van der Waals surface area contributed by atoms with E-state index in [2.05, 4.69) is 20.2 Å². The van der Waals surface area contributed by atoms with Crippen LogP contribution in [0.25, 0.3) is 0 Å². The van der Waals surface area contributed by atoms with E-state index >= 15 is 0 Å². The summed E-state index contributed by atoms with van der Waals surface area (Å²) < 4.78 is 0. The number of carbonyl (C=O) groups excluding carboxylic acids is 2. The number of likely N-dealkylation sites (tertiary alicyclic amines) is 1. The lowest BCUT2D eigenvalue weighted by Gasteiger charge is -2.26. The SMILES string of the molecule is CCCN(CCC(=O)NCCN1CCCCC1)C(=O)c1cnc(C)cn1. The number of aromatic nitrogens is 2. The van der Waals surface area contributed by atoms with Crippen molar-refractivity contribution >= 4 is 11.8 Å². The summed E-state index contributed by atoms with van der Waals surface area (Å²) in [6.45, 7) is 8.69. The maximum atomic E-state index is 12.6. The van der Waals surface area contributed by atoms with Crippen LogP contribution in [-0.2, 0) is 4.79 Å². The van der Waals surface area contributed by atoms with Gasteiger partial charge in [-0.05, 0) is 39.3 Å². The highest BCUT2D eigenvalue weighted by atomic mass is 16.2. The molecule has 0 atom stereocenters. The van der Waals surface area contributed by atoms with Gasteiger partial charge in [0.2, 0.25) is 5.91 Å². The summed E-state index contributed by atoms with van der Waals surface area (Å²) in [5.41, 5.74) is 1.10. The summed E-state index contributed by atoms with van der Waals surface area (Å²) in [6, 6.07) is 0. The third-order valence-electron chi connectivity index (χ3n) is 4.59. The van der Waals surface area contributed by atoms with Crippen molar-refractivity contribution in [2.75, 3.05) is 39.3 Å². The van der Waals surface area contributed by atoms with Crippen LogP contribution < -0.4 is 5.32 Å². The molecule has 1 aromatic heterocycles. The maximum Gasteiger partial charge on any atom is 0.274 e. The lowest BCUT2D eigenvalue weighted by atomic mass is 10.1. The minimum absolute atomic E-state index is 0.00842. The first kappa shape index (κ1) is 20.3. The number of nitrogens with zero attached hydrogens (tertiary/aromatic N) is 4. The minimum Gasteiger partial charge on any atom is -0.355 e. The molecule has 0 bridgehead atoms. The minimum atomic E-state index is -0.166.